The van der Waals surface area contributed by atoms with E-state index in [4.69, 9.17) is 29.9 Å². The molecule has 49 heavy (non-hydrogen) atoms. The lowest BCUT2D eigenvalue weighted by atomic mass is 10.1. The molecule has 0 radical (unpaired) electrons. The van der Waals surface area contributed by atoms with Crippen LogP contribution in [0.2, 0.25) is 0 Å². The molecule has 0 fully saturated rings. The van der Waals surface area contributed by atoms with E-state index in [-0.39, 0.29) is 32.7 Å². The Hall–Kier alpha value is -5.94. The van der Waals surface area contributed by atoms with Gasteiger partial charge in [0, 0.05) is 43.8 Å². The minimum atomic E-state index is -4.58. The molecule has 0 amide bonds. The van der Waals surface area contributed by atoms with Crippen molar-refractivity contribution in [1.82, 2.24) is 44.6 Å². The van der Waals surface area contributed by atoms with Gasteiger partial charge in [0.25, 0.3) is 10.1 Å². The van der Waals surface area contributed by atoms with Gasteiger partial charge in [0.1, 0.15) is 22.6 Å². The van der Waals surface area contributed by atoms with E-state index in [1.807, 2.05) is 48.5 Å². The molecule has 0 unspecified atom stereocenters. The average molecular weight is 688 g/mol. The first kappa shape index (κ1) is 29.2. The molecule has 4 aromatic carbocycles. The number of benzene rings is 4. The fourth-order valence-corrected chi connectivity index (χ4v) is 7.36. The molecule has 0 atom stereocenters. The molecule has 5 heterocycles. The Morgan fingerprint density at radius 2 is 0.959 bits per heavy atom. The second kappa shape index (κ2) is 10.3. The number of H-pyrrole nitrogens is 2. The second-order valence-corrected chi connectivity index (χ2v) is 14.6. The summed E-state index contributed by atoms with van der Waals surface area (Å²) in [5.74, 6) is 1.10. The van der Waals surface area contributed by atoms with Gasteiger partial charge in [0.05, 0.1) is 9.79 Å². The molecule has 4 N–H and O–H groups in total. The zero-order valence-corrected chi connectivity index (χ0v) is 26.8. The summed E-state index contributed by atoms with van der Waals surface area (Å²) in [6.07, 6.45) is 0. The van der Waals surface area contributed by atoms with Crippen LogP contribution in [0.15, 0.2) is 94.7 Å². The fraction of sp³-hybridized carbons (Fsp3) is 0.0303. The summed E-state index contributed by atoms with van der Waals surface area (Å²) >= 11 is 0. The predicted molar refractivity (Wildman–Crippen MR) is 182 cm³/mol. The number of hydrogen-bond acceptors (Lipinski definition) is 10. The molecule has 7 aromatic rings. The molecule has 2 aliphatic heterocycles. The van der Waals surface area contributed by atoms with Crippen LogP contribution in [-0.2, 0) is 20.1 Å². The number of sulfonamides is 1. The number of rotatable bonds is 3. The van der Waals surface area contributed by atoms with Crippen LogP contribution in [0.5, 0.6) is 0 Å². The number of aromatic amines is 2. The van der Waals surface area contributed by atoms with Gasteiger partial charge in [-0.05, 0) is 43.4 Å². The molecule has 0 spiro atoms. The molecule has 0 saturated heterocycles. The largest absolute Gasteiger partial charge is 0.324 e. The van der Waals surface area contributed by atoms with E-state index in [9.17, 15) is 21.4 Å². The molecule has 2 aliphatic rings. The topological polar surface area (TPSA) is 209 Å². The predicted octanol–water partition coefficient (Wildman–Crippen LogP) is 5.02. The highest BCUT2D eigenvalue weighted by Gasteiger charge is 2.24. The molecule has 14 nitrogen and oxygen atoms in total. The highest BCUT2D eigenvalue weighted by Crippen LogP contribution is 2.38. The molecule has 0 saturated carbocycles. The third-order valence-corrected chi connectivity index (χ3v) is 10.7. The number of hydrogen-bond donors (Lipinski definition) is 4. The Labute approximate surface area is 276 Å². The van der Waals surface area contributed by atoms with Crippen molar-refractivity contribution in [2.45, 2.75) is 9.79 Å². The van der Waals surface area contributed by atoms with Gasteiger partial charge in [0.2, 0.25) is 10.0 Å². The molecule has 16 heteroatoms. The van der Waals surface area contributed by atoms with Crippen LogP contribution in [0.3, 0.4) is 0 Å². The van der Waals surface area contributed by atoms with Gasteiger partial charge in [-0.1, -0.05) is 48.5 Å². The van der Waals surface area contributed by atoms with Gasteiger partial charge in [-0.3, -0.25) is 4.55 Å². The normalized spacial score (nSPS) is 12.7. The summed E-state index contributed by atoms with van der Waals surface area (Å²) in [7, 11) is -7.10. The van der Waals surface area contributed by atoms with E-state index in [1.54, 1.807) is 6.07 Å². The lowest BCUT2D eigenvalue weighted by Crippen LogP contribution is -2.18. The summed E-state index contributed by atoms with van der Waals surface area (Å²) in [6, 6.07) is 23.7. The summed E-state index contributed by atoms with van der Waals surface area (Å²) in [5.41, 5.74) is 3.76. The highest BCUT2D eigenvalue weighted by atomic mass is 32.2. The Balaban J connectivity index is 1.48. The minimum absolute atomic E-state index is 0.00720. The minimum Gasteiger partial charge on any atom is -0.324 e. The van der Waals surface area contributed by atoms with Gasteiger partial charge >= 0.3 is 0 Å². The molecule has 8 bridgehead atoms. The third-order valence-electron chi connectivity index (χ3n) is 8.47. The molecular formula is C33H21N9O5S2. The quantitative estimate of drug-likeness (QED) is 0.181. The first-order chi connectivity index (χ1) is 23.6. The van der Waals surface area contributed by atoms with E-state index < -0.39 is 20.1 Å². The number of nitrogens with zero attached hydrogens (tertiary/aromatic N) is 6. The maximum Gasteiger partial charge on any atom is 0.294 e. The van der Waals surface area contributed by atoms with Crippen LogP contribution in [0.4, 0.5) is 0 Å². The highest BCUT2D eigenvalue weighted by molar-refractivity contribution is 7.89. The van der Waals surface area contributed by atoms with Crippen molar-refractivity contribution < 1.29 is 21.4 Å². The summed E-state index contributed by atoms with van der Waals surface area (Å²) in [5, 5.41) is 2.49. The van der Waals surface area contributed by atoms with Crippen molar-refractivity contribution in [3.05, 3.63) is 84.9 Å². The summed E-state index contributed by atoms with van der Waals surface area (Å²) in [4.78, 5) is 35.2. The summed E-state index contributed by atoms with van der Waals surface area (Å²) in [6.45, 7) is 0. The van der Waals surface area contributed by atoms with E-state index in [0.717, 1.165) is 21.9 Å². The van der Waals surface area contributed by atoms with Crippen molar-refractivity contribution >= 4 is 64.3 Å². The number of fused-ring (bicyclic) bond motifs is 20. The van der Waals surface area contributed by atoms with Crippen LogP contribution in [-0.4, -0.2) is 68.3 Å². The number of nitrogens with one attached hydrogen (secondary N) is 3. The van der Waals surface area contributed by atoms with Crippen molar-refractivity contribution in [3.8, 4) is 45.6 Å². The van der Waals surface area contributed by atoms with E-state index in [1.165, 1.54) is 37.4 Å². The van der Waals surface area contributed by atoms with Crippen LogP contribution < -0.4 is 4.72 Å². The Bertz CT molecular complexity index is 2990. The standard InChI is InChI=1S/C33H21N9O5S2/c1-34-48(43,44)16-10-12-22-24(14-16)32-40-30(22)38-28-20-8-4-2-6-18(20)26(36-28)35-27-19-7-3-5-9-21(19)29(37-27)39-31-23-13-11-17(49(45,46)47)15-25(23)33(41-31)42-32/h2-15,34H,1H3,(H,45,46,47)(H2,35,36,37,38,39,40,41,42). The molecular weight excluding hydrogens is 667 g/mol. The summed E-state index contributed by atoms with van der Waals surface area (Å²) < 4.78 is 62.2. The van der Waals surface area contributed by atoms with Gasteiger partial charge in [-0.25, -0.2) is 43.0 Å². The van der Waals surface area contributed by atoms with Crippen LogP contribution in [0.25, 0.3) is 89.7 Å². The molecule has 240 valence electrons. The maximum atomic E-state index is 12.8. The van der Waals surface area contributed by atoms with Gasteiger partial charge in [0.15, 0.2) is 23.3 Å². The second-order valence-electron chi connectivity index (χ2n) is 11.3. The van der Waals surface area contributed by atoms with Crippen molar-refractivity contribution in [2.24, 2.45) is 0 Å². The molecule has 9 rings (SSSR count). The van der Waals surface area contributed by atoms with E-state index >= 15 is 0 Å². The zero-order chi connectivity index (χ0) is 33.7. The third kappa shape index (κ3) is 4.61. The lowest BCUT2D eigenvalue weighted by Gasteiger charge is -2.02. The molecule has 0 aliphatic carbocycles. The van der Waals surface area contributed by atoms with E-state index in [2.05, 4.69) is 14.7 Å². The average Bonchev–Trinajstić information content (AvgIpc) is 3.83. The first-order valence-electron chi connectivity index (χ1n) is 14.8. The monoisotopic (exact) mass is 687 g/mol. The van der Waals surface area contributed by atoms with Crippen molar-refractivity contribution in [1.29, 1.82) is 0 Å². The van der Waals surface area contributed by atoms with Crippen LogP contribution in [0, 0.1) is 0 Å². The van der Waals surface area contributed by atoms with Crippen molar-refractivity contribution in [2.75, 3.05) is 7.05 Å². The van der Waals surface area contributed by atoms with Gasteiger partial charge in [-0.15, -0.1) is 0 Å². The Morgan fingerprint density at radius 1 is 0.510 bits per heavy atom. The van der Waals surface area contributed by atoms with Gasteiger partial charge in [-0.2, -0.15) is 8.42 Å². The SMILES string of the molecule is CNS(=O)(=O)c1ccc2c3nc4nc(nc5[nH]c(nc6nc(nc([nH]3)c2c1)-c1cc(S(=O)(=O)O)ccc1-6)c1ccccc51)-c1ccccc1-4. The molecule has 3 aromatic heterocycles. The van der Waals surface area contributed by atoms with Gasteiger partial charge < -0.3 is 9.97 Å². The smallest absolute Gasteiger partial charge is 0.294 e. The van der Waals surface area contributed by atoms with Crippen molar-refractivity contribution in [3.63, 3.8) is 0 Å². The maximum absolute atomic E-state index is 12.8. The first-order valence-corrected chi connectivity index (χ1v) is 17.7. The Morgan fingerprint density at radius 3 is 1.49 bits per heavy atom. The van der Waals surface area contributed by atoms with Crippen LogP contribution in [0.1, 0.15) is 0 Å². The Kier molecular flexibility index (Phi) is 6.13. The lowest BCUT2D eigenvalue weighted by molar-refractivity contribution is 0.483. The fourth-order valence-electron chi connectivity index (χ4n) is 6.10. The van der Waals surface area contributed by atoms with Crippen LogP contribution >= 0.6 is 0 Å². The van der Waals surface area contributed by atoms with E-state index in [0.29, 0.717) is 44.9 Å². The number of aromatic nitrogens is 8. The zero-order valence-electron chi connectivity index (χ0n) is 25.2.